The van der Waals surface area contributed by atoms with E-state index in [1.807, 2.05) is 0 Å². The summed E-state index contributed by atoms with van der Waals surface area (Å²) in [5, 5.41) is 7.26. The molecule has 0 atom stereocenters. The first-order chi connectivity index (χ1) is 8.83. The van der Waals surface area contributed by atoms with Gasteiger partial charge in [-0.15, -0.1) is 0 Å². The minimum atomic E-state index is 0. The van der Waals surface area contributed by atoms with Crippen LogP contribution in [0.4, 0.5) is 0 Å². The summed E-state index contributed by atoms with van der Waals surface area (Å²) in [6.07, 6.45) is 8.00. The maximum absolute atomic E-state index is 3.63. The third-order valence-electron chi connectivity index (χ3n) is 4.56. The number of piperidine rings is 2. The predicted octanol–water partition coefficient (Wildman–Crippen LogP) is 4.25. The van der Waals surface area contributed by atoms with Gasteiger partial charge in [-0.1, -0.05) is 0 Å². The van der Waals surface area contributed by atoms with Crippen LogP contribution in [0.25, 0.3) is 0 Å². The van der Waals surface area contributed by atoms with Gasteiger partial charge in [0.15, 0.2) is 0 Å². The van der Waals surface area contributed by atoms with Gasteiger partial charge < -0.3 is 10.6 Å². The fourth-order valence-corrected chi connectivity index (χ4v) is 4.03. The largest absolute Gasteiger partial charge is 2.00 e. The van der Waals surface area contributed by atoms with Crippen LogP contribution in [0.1, 0.15) is 93.9 Å². The Morgan fingerprint density at radius 1 is 0.476 bits per heavy atom. The second-order valence-electron chi connectivity index (χ2n) is 9.49. The topological polar surface area (TPSA) is 24.1 Å². The van der Waals surface area contributed by atoms with Gasteiger partial charge in [0.25, 0.3) is 0 Å². The Kier molecular flexibility index (Phi) is 7.75. The summed E-state index contributed by atoms with van der Waals surface area (Å²) in [7, 11) is 0. The molecule has 0 amide bonds. The Morgan fingerprint density at radius 3 is 0.762 bits per heavy atom. The summed E-state index contributed by atoms with van der Waals surface area (Å²) in [6.45, 7) is 18.3. The van der Waals surface area contributed by atoms with Crippen molar-refractivity contribution in [1.82, 2.24) is 10.6 Å². The monoisotopic (exact) mass is 306 g/mol. The quantitative estimate of drug-likeness (QED) is 0.654. The van der Waals surface area contributed by atoms with Crippen LogP contribution in [-0.2, 0) is 0 Å². The number of hydrogen-bond acceptors (Lipinski definition) is 2. The molecule has 120 valence electrons. The second kappa shape index (κ2) is 7.50. The fraction of sp³-hybridized carbons (Fsp3) is 1.00. The zero-order chi connectivity index (χ0) is 15.7. The van der Waals surface area contributed by atoms with Crippen LogP contribution in [0.3, 0.4) is 0 Å². The molecule has 2 rings (SSSR count). The van der Waals surface area contributed by atoms with Crippen molar-refractivity contribution in [3.63, 3.8) is 0 Å². The minimum Gasteiger partial charge on any atom is -0.307 e. The van der Waals surface area contributed by atoms with Crippen molar-refractivity contribution in [2.45, 2.75) is 116 Å². The van der Waals surface area contributed by atoms with Gasteiger partial charge in [-0.2, -0.15) is 0 Å². The zero-order valence-corrected chi connectivity index (χ0v) is 17.4. The third-order valence-corrected chi connectivity index (χ3v) is 4.56. The third kappa shape index (κ3) is 8.78. The molecule has 0 radical (unpaired) electrons. The van der Waals surface area contributed by atoms with Crippen LogP contribution in [0.5, 0.6) is 0 Å². The summed E-state index contributed by atoms with van der Waals surface area (Å²) in [5.41, 5.74) is 1.45. The van der Waals surface area contributed by atoms with Gasteiger partial charge in [0, 0.05) is 22.2 Å². The second-order valence-corrected chi connectivity index (χ2v) is 9.49. The summed E-state index contributed by atoms with van der Waals surface area (Å²) in [4.78, 5) is 0. The standard InChI is InChI=1S/2C9H19N.Mg/c2*1-8(2)6-5-7-9(3,4)10-8;/h2*10H,5-7H2,1-4H3;/q;;+2. The molecule has 3 heteroatoms. The van der Waals surface area contributed by atoms with Gasteiger partial charge in [0.2, 0.25) is 0 Å². The van der Waals surface area contributed by atoms with Crippen molar-refractivity contribution in [2.24, 2.45) is 0 Å². The molecular formula is C18H38MgN2+2. The van der Waals surface area contributed by atoms with E-state index in [2.05, 4.69) is 66.0 Å². The molecular weight excluding hydrogens is 269 g/mol. The van der Waals surface area contributed by atoms with Crippen molar-refractivity contribution >= 4 is 23.1 Å². The zero-order valence-electron chi connectivity index (χ0n) is 15.9. The molecule has 2 saturated heterocycles. The maximum Gasteiger partial charge on any atom is 2.00 e. The van der Waals surface area contributed by atoms with E-state index in [1.54, 1.807) is 0 Å². The number of rotatable bonds is 0. The summed E-state index contributed by atoms with van der Waals surface area (Å²) < 4.78 is 0. The van der Waals surface area contributed by atoms with Gasteiger partial charge in [-0.05, 0) is 93.9 Å². The van der Waals surface area contributed by atoms with Gasteiger partial charge in [-0.3, -0.25) is 0 Å². The summed E-state index contributed by atoms with van der Waals surface area (Å²) in [5.74, 6) is 0. The Labute approximate surface area is 149 Å². The van der Waals surface area contributed by atoms with Crippen LogP contribution in [-0.4, -0.2) is 45.2 Å². The maximum atomic E-state index is 3.63. The van der Waals surface area contributed by atoms with E-state index in [4.69, 9.17) is 0 Å². The van der Waals surface area contributed by atoms with Crippen LogP contribution in [0.15, 0.2) is 0 Å². The Morgan fingerprint density at radius 2 is 0.667 bits per heavy atom. The van der Waals surface area contributed by atoms with Crippen LogP contribution in [0, 0.1) is 0 Å². The molecule has 21 heavy (non-hydrogen) atoms. The first-order valence-corrected chi connectivity index (χ1v) is 8.41. The van der Waals surface area contributed by atoms with Crippen molar-refractivity contribution in [3.05, 3.63) is 0 Å². The average Bonchev–Trinajstić information content (AvgIpc) is 2.09. The van der Waals surface area contributed by atoms with Crippen molar-refractivity contribution < 1.29 is 0 Å². The van der Waals surface area contributed by atoms with Gasteiger partial charge in [0.1, 0.15) is 0 Å². The molecule has 0 aliphatic carbocycles. The molecule has 2 nitrogen and oxygen atoms in total. The number of hydrogen-bond donors (Lipinski definition) is 2. The van der Waals surface area contributed by atoms with E-state index in [0.717, 1.165) is 0 Å². The minimum absolute atomic E-state index is 0. The molecule has 0 bridgehead atoms. The Hall–Kier alpha value is 0.686. The van der Waals surface area contributed by atoms with Crippen LogP contribution >= 0.6 is 0 Å². The Bertz CT molecular complexity index is 259. The van der Waals surface area contributed by atoms with Gasteiger partial charge in [0.05, 0.1) is 0 Å². The van der Waals surface area contributed by atoms with Gasteiger partial charge in [-0.25, -0.2) is 0 Å². The van der Waals surface area contributed by atoms with Crippen molar-refractivity contribution in [2.75, 3.05) is 0 Å². The smallest absolute Gasteiger partial charge is 0.307 e. The van der Waals surface area contributed by atoms with Crippen molar-refractivity contribution in [1.29, 1.82) is 0 Å². The van der Waals surface area contributed by atoms with Crippen molar-refractivity contribution in [3.8, 4) is 0 Å². The van der Waals surface area contributed by atoms with E-state index in [0.29, 0.717) is 22.2 Å². The molecule has 2 heterocycles. The molecule has 0 unspecified atom stereocenters. The van der Waals surface area contributed by atoms with Crippen LogP contribution in [0.2, 0.25) is 0 Å². The average molecular weight is 307 g/mol. The molecule has 2 aliphatic rings. The molecule has 0 aromatic heterocycles. The molecule has 0 saturated carbocycles. The normalized spacial score (nSPS) is 28.6. The molecule has 0 aromatic rings. The summed E-state index contributed by atoms with van der Waals surface area (Å²) >= 11 is 0. The van der Waals surface area contributed by atoms with Crippen LogP contribution < -0.4 is 10.6 Å². The molecule has 0 spiro atoms. The summed E-state index contributed by atoms with van der Waals surface area (Å²) in [6, 6.07) is 0. The van der Waals surface area contributed by atoms with E-state index < -0.39 is 0 Å². The molecule has 2 N–H and O–H groups in total. The molecule has 2 aliphatic heterocycles. The van der Waals surface area contributed by atoms with E-state index in [-0.39, 0.29) is 23.1 Å². The SMILES string of the molecule is CC1(C)CCCC(C)(C)N1.CC1(C)CCCC(C)(C)N1.[Mg+2]. The fourth-order valence-electron chi connectivity index (χ4n) is 4.03. The van der Waals surface area contributed by atoms with Gasteiger partial charge >= 0.3 is 23.1 Å². The molecule has 0 aromatic carbocycles. The first kappa shape index (κ1) is 21.7. The molecule has 2 fully saturated rings. The predicted molar refractivity (Wildman–Crippen MR) is 96.0 cm³/mol. The van der Waals surface area contributed by atoms with E-state index in [9.17, 15) is 0 Å². The van der Waals surface area contributed by atoms with E-state index >= 15 is 0 Å². The van der Waals surface area contributed by atoms with E-state index in [1.165, 1.54) is 38.5 Å². The first-order valence-electron chi connectivity index (χ1n) is 8.41. The number of nitrogens with one attached hydrogen (secondary N) is 2. The Balaban J connectivity index is 0.000000364.